The molecular weight excluding hydrogens is 268 g/mol. The highest BCUT2D eigenvalue weighted by Crippen LogP contribution is 2.27. The van der Waals surface area contributed by atoms with Gasteiger partial charge in [-0.2, -0.15) is 0 Å². The molecule has 2 atom stereocenters. The Bertz CT molecular complexity index is 535. The summed E-state index contributed by atoms with van der Waals surface area (Å²) in [7, 11) is 0. The van der Waals surface area contributed by atoms with Crippen molar-refractivity contribution in [2.75, 3.05) is 11.9 Å². The van der Waals surface area contributed by atoms with Crippen LogP contribution in [-0.4, -0.2) is 12.6 Å². The molecule has 1 fully saturated rings. The fraction of sp³-hybridized carbons (Fsp3) is 0.294. The van der Waals surface area contributed by atoms with E-state index in [-0.39, 0.29) is 0 Å². The predicted molar refractivity (Wildman–Crippen MR) is 85.3 cm³/mol. The van der Waals surface area contributed by atoms with E-state index >= 15 is 0 Å². The number of hydrogen-bond acceptors (Lipinski definition) is 2. The van der Waals surface area contributed by atoms with E-state index in [1.807, 2.05) is 24.3 Å². The first-order chi connectivity index (χ1) is 9.81. The van der Waals surface area contributed by atoms with Crippen LogP contribution in [0.2, 0.25) is 5.02 Å². The van der Waals surface area contributed by atoms with Crippen LogP contribution in [0.4, 0.5) is 5.69 Å². The van der Waals surface area contributed by atoms with Gasteiger partial charge in [-0.3, -0.25) is 0 Å². The second-order valence-corrected chi connectivity index (χ2v) is 5.73. The molecule has 0 radical (unpaired) electrons. The topological polar surface area (TPSA) is 24.1 Å². The normalized spacial score (nSPS) is 19.1. The maximum atomic E-state index is 5.94. The van der Waals surface area contributed by atoms with Crippen molar-refractivity contribution in [2.45, 2.75) is 24.9 Å². The van der Waals surface area contributed by atoms with Gasteiger partial charge in [-0.25, -0.2) is 0 Å². The van der Waals surface area contributed by atoms with Crippen LogP contribution in [0.1, 0.15) is 24.4 Å². The van der Waals surface area contributed by atoms with E-state index in [1.54, 1.807) is 0 Å². The predicted octanol–water partition coefficient (Wildman–Crippen LogP) is 4.25. The van der Waals surface area contributed by atoms with Crippen molar-refractivity contribution < 1.29 is 0 Å². The van der Waals surface area contributed by atoms with Crippen LogP contribution in [0.3, 0.4) is 0 Å². The van der Waals surface area contributed by atoms with Crippen molar-refractivity contribution in [3.63, 3.8) is 0 Å². The van der Waals surface area contributed by atoms with Gasteiger partial charge in [0.05, 0.1) is 6.04 Å². The molecule has 20 heavy (non-hydrogen) atoms. The quantitative estimate of drug-likeness (QED) is 0.859. The minimum atomic E-state index is 0.329. The van der Waals surface area contributed by atoms with Gasteiger partial charge in [0.2, 0.25) is 0 Å². The maximum absolute atomic E-state index is 5.94. The number of halogens is 1. The van der Waals surface area contributed by atoms with Crippen LogP contribution in [0.25, 0.3) is 0 Å². The molecule has 1 aliphatic heterocycles. The lowest BCUT2D eigenvalue weighted by molar-refractivity contribution is 0.336. The smallest absolute Gasteiger partial charge is 0.0528 e. The van der Waals surface area contributed by atoms with Crippen LogP contribution >= 0.6 is 11.6 Å². The van der Waals surface area contributed by atoms with Crippen LogP contribution in [-0.2, 0) is 0 Å². The lowest BCUT2D eigenvalue weighted by Gasteiger charge is -2.32. The summed E-state index contributed by atoms with van der Waals surface area (Å²) >= 11 is 5.94. The third kappa shape index (κ3) is 3.33. The molecule has 1 aliphatic rings. The number of hydrogen-bond donors (Lipinski definition) is 2. The van der Waals surface area contributed by atoms with Gasteiger partial charge in [-0.15, -0.1) is 0 Å². The zero-order chi connectivity index (χ0) is 13.8. The Morgan fingerprint density at radius 1 is 1.10 bits per heavy atom. The van der Waals surface area contributed by atoms with Crippen molar-refractivity contribution in [2.24, 2.45) is 0 Å². The summed E-state index contributed by atoms with van der Waals surface area (Å²) in [5, 5.41) is 7.87. The first-order valence-electron chi connectivity index (χ1n) is 7.12. The summed E-state index contributed by atoms with van der Waals surface area (Å²) in [4.78, 5) is 0. The fourth-order valence-corrected chi connectivity index (χ4v) is 2.67. The molecule has 0 aromatic heterocycles. The molecule has 0 saturated carbocycles. The first-order valence-corrected chi connectivity index (χ1v) is 7.49. The van der Waals surface area contributed by atoms with E-state index in [9.17, 15) is 0 Å². The van der Waals surface area contributed by atoms with E-state index in [4.69, 9.17) is 11.6 Å². The molecule has 0 bridgehead atoms. The Hall–Kier alpha value is -1.51. The summed E-state index contributed by atoms with van der Waals surface area (Å²) in [6, 6.07) is 19.5. The molecule has 0 spiro atoms. The minimum absolute atomic E-state index is 0.329. The second-order valence-electron chi connectivity index (χ2n) is 5.29. The molecule has 104 valence electrons. The van der Waals surface area contributed by atoms with E-state index in [0.717, 1.165) is 23.7 Å². The van der Waals surface area contributed by atoms with Gasteiger partial charge in [0, 0.05) is 16.8 Å². The second kappa shape index (κ2) is 6.29. The maximum Gasteiger partial charge on any atom is 0.0528 e. The zero-order valence-electron chi connectivity index (χ0n) is 11.4. The third-order valence-electron chi connectivity index (χ3n) is 3.83. The van der Waals surface area contributed by atoms with Crippen molar-refractivity contribution >= 4 is 17.3 Å². The summed E-state index contributed by atoms with van der Waals surface area (Å²) in [6.07, 6.45) is 2.37. The summed E-state index contributed by atoms with van der Waals surface area (Å²) < 4.78 is 0. The van der Waals surface area contributed by atoms with E-state index in [2.05, 4.69) is 41.0 Å². The Morgan fingerprint density at radius 2 is 1.80 bits per heavy atom. The average Bonchev–Trinajstić information content (AvgIpc) is 2.44. The molecule has 0 amide bonds. The molecule has 1 heterocycles. The van der Waals surface area contributed by atoms with Gasteiger partial charge < -0.3 is 10.6 Å². The van der Waals surface area contributed by atoms with E-state index in [1.165, 1.54) is 12.0 Å². The Balaban J connectivity index is 1.75. The molecular formula is C17H19ClN2. The van der Waals surface area contributed by atoms with Gasteiger partial charge in [-0.05, 0) is 49.2 Å². The van der Waals surface area contributed by atoms with Gasteiger partial charge >= 0.3 is 0 Å². The molecule has 2 aromatic carbocycles. The number of anilines is 1. The Kier molecular flexibility index (Phi) is 4.24. The molecule has 0 aliphatic carbocycles. The van der Waals surface area contributed by atoms with Gasteiger partial charge in [0.1, 0.15) is 0 Å². The minimum Gasteiger partial charge on any atom is -0.378 e. The zero-order valence-corrected chi connectivity index (χ0v) is 12.1. The first kappa shape index (κ1) is 13.5. The molecule has 2 N–H and O–H groups in total. The van der Waals surface area contributed by atoms with Crippen molar-refractivity contribution in [3.05, 3.63) is 65.2 Å². The Labute approximate surface area is 125 Å². The third-order valence-corrected chi connectivity index (χ3v) is 4.09. The monoisotopic (exact) mass is 286 g/mol. The fourth-order valence-electron chi connectivity index (χ4n) is 2.55. The van der Waals surface area contributed by atoms with E-state index in [0.29, 0.717) is 12.1 Å². The number of rotatable bonds is 5. The van der Waals surface area contributed by atoms with Crippen LogP contribution in [0, 0.1) is 0 Å². The SMILES string of the molecule is Clc1ccc(N[C@@H](CC2CCN2)c2ccccc2)cc1. The highest BCUT2D eigenvalue weighted by Gasteiger charge is 2.22. The lowest BCUT2D eigenvalue weighted by Crippen LogP contribution is -2.44. The molecule has 3 heteroatoms. The Morgan fingerprint density at radius 3 is 2.40 bits per heavy atom. The highest BCUT2D eigenvalue weighted by molar-refractivity contribution is 6.30. The van der Waals surface area contributed by atoms with Crippen molar-refractivity contribution in [1.82, 2.24) is 5.32 Å². The molecule has 2 aromatic rings. The van der Waals surface area contributed by atoms with Crippen molar-refractivity contribution in [3.8, 4) is 0 Å². The molecule has 1 saturated heterocycles. The van der Waals surface area contributed by atoms with E-state index < -0.39 is 0 Å². The van der Waals surface area contributed by atoms with Crippen LogP contribution in [0.5, 0.6) is 0 Å². The number of benzene rings is 2. The molecule has 3 rings (SSSR count). The highest BCUT2D eigenvalue weighted by atomic mass is 35.5. The largest absolute Gasteiger partial charge is 0.378 e. The summed E-state index contributed by atoms with van der Waals surface area (Å²) in [5.74, 6) is 0. The van der Waals surface area contributed by atoms with Crippen molar-refractivity contribution in [1.29, 1.82) is 0 Å². The summed E-state index contributed by atoms with van der Waals surface area (Å²) in [5.41, 5.74) is 2.44. The van der Waals surface area contributed by atoms with Gasteiger partial charge in [0.25, 0.3) is 0 Å². The lowest BCUT2D eigenvalue weighted by atomic mass is 9.94. The molecule has 1 unspecified atom stereocenters. The number of nitrogens with one attached hydrogen (secondary N) is 2. The van der Waals surface area contributed by atoms with Crippen LogP contribution < -0.4 is 10.6 Å². The van der Waals surface area contributed by atoms with Gasteiger partial charge in [0.15, 0.2) is 0 Å². The molecule has 2 nitrogen and oxygen atoms in total. The van der Waals surface area contributed by atoms with Gasteiger partial charge in [-0.1, -0.05) is 41.9 Å². The van der Waals surface area contributed by atoms with Crippen LogP contribution in [0.15, 0.2) is 54.6 Å². The summed E-state index contributed by atoms with van der Waals surface area (Å²) in [6.45, 7) is 1.15. The average molecular weight is 287 g/mol. The standard InChI is InChI=1S/C17H19ClN2/c18-14-6-8-15(9-7-14)20-17(12-16-10-11-19-16)13-4-2-1-3-5-13/h1-9,16-17,19-20H,10-12H2/t16?,17-/m0/s1.